The molecule has 0 spiro atoms. The molecule has 1 saturated carbocycles. The molecule has 2 N–H and O–H groups in total. The first-order valence-electron chi connectivity index (χ1n) is 5.01. The van der Waals surface area contributed by atoms with Gasteiger partial charge in [-0.2, -0.15) is 0 Å². The second-order valence-corrected chi connectivity index (χ2v) is 6.52. The van der Waals surface area contributed by atoms with Crippen LogP contribution in [0.25, 0.3) is 0 Å². The number of hydrogen-bond donors (Lipinski definition) is 2. The molecular weight excluding hydrogens is 200 g/mol. The third-order valence-electron chi connectivity index (χ3n) is 2.40. The summed E-state index contributed by atoms with van der Waals surface area (Å²) in [6.07, 6.45) is 4.92. The highest BCUT2D eigenvalue weighted by molar-refractivity contribution is 7.88. The highest BCUT2D eigenvalue weighted by atomic mass is 32.2. The fraction of sp³-hybridized carbons (Fsp3) is 1.00. The van der Waals surface area contributed by atoms with Crippen molar-refractivity contribution in [1.82, 2.24) is 10.0 Å². The zero-order chi connectivity index (χ0) is 10.8. The van der Waals surface area contributed by atoms with E-state index in [0.29, 0.717) is 12.6 Å². The summed E-state index contributed by atoms with van der Waals surface area (Å²) >= 11 is 0. The molecule has 0 aromatic rings. The van der Waals surface area contributed by atoms with Crippen LogP contribution in [0.2, 0.25) is 0 Å². The number of hydrogen-bond acceptors (Lipinski definition) is 3. The van der Waals surface area contributed by atoms with Gasteiger partial charge in [0.25, 0.3) is 0 Å². The average molecular weight is 220 g/mol. The van der Waals surface area contributed by atoms with Crippen molar-refractivity contribution in [3.05, 3.63) is 0 Å². The predicted octanol–water partition coefficient (Wildman–Crippen LogP) is 0.456. The number of nitrogens with one attached hydrogen (secondary N) is 2. The summed E-state index contributed by atoms with van der Waals surface area (Å²) in [6.45, 7) is 4.46. The van der Waals surface area contributed by atoms with E-state index in [1.165, 1.54) is 25.5 Å². The van der Waals surface area contributed by atoms with Crippen LogP contribution in [-0.2, 0) is 10.0 Å². The van der Waals surface area contributed by atoms with Crippen LogP contribution in [0.4, 0.5) is 0 Å². The van der Waals surface area contributed by atoms with Gasteiger partial charge in [0, 0.05) is 18.1 Å². The molecule has 1 aliphatic carbocycles. The Morgan fingerprint density at radius 2 is 1.93 bits per heavy atom. The van der Waals surface area contributed by atoms with Crippen molar-refractivity contribution >= 4 is 10.0 Å². The van der Waals surface area contributed by atoms with Crippen molar-refractivity contribution in [2.45, 2.75) is 44.7 Å². The van der Waals surface area contributed by atoms with Gasteiger partial charge in [-0.3, -0.25) is 0 Å². The van der Waals surface area contributed by atoms with E-state index >= 15 is 0 Å². The summed E-state index contributed by atoms with van der Waals surface area (Å²) in [5.74, 6) is 0. The van der Waals surface area contributed by atoms with E-state index in [1.807, 2.05) is 13.8 Å². The fourth-order valence-electron chi connectivity index (χ4n) is 1.55. The number of rotatable bonds is 5. The zero-order valence-electron chi connectivity index (χ0n) is 9.13. The third-order valence-corrected chi connectivity index (χ3v) is 3.32. The Kier molecular flexibility index (Phi) is 3.55. The van der Waals surface area contributed by atoms with E-state index < -0.39 is 15.6 Å². The minimum absolute atomic E-state index is 0.400. The van der Waals surface area contributed by atoms with E-state index in [1.54, 1.807) is 0 Å². The van der Waals surface area contributed by atoms with Gasteiger partial charge in [-0.25, -0.2) is 13.1 Å². The van der Waals surface area contributed by atoms with Crippen molar-refractivity contribution in [3.63, 3.8) is 0 Å². The smallest absolute Gasteiger partial charge is 0.209 e. The van der Waals surface area contributed by atoms with Crippen molar-refractivity contribution in [2.75, 3.05) is 12.8 Å². The van der Waals surface area contributed by atoms with E-state index in [9.17, 15) is 8.42 Å². The molecule has 5 heteroatoms. The summed E-state index contributed by atoms with van der Waals surface area (Å²) < 4.78 is 24.7. The molecule has 0 bridgehead atoms. The van der Waals surface area contributed by atoms with Crippen LogP contribution in [0.15, 0.2) is 0 Å². The van der Waals surface area contributed by atoms with Crippen molar-refractivity contribution in [2.24, 2.45) is 0 Å². The van der Waals surface area contributed by atoms with Crippen LogP contribution in [0, 0.1) is 0 Å². The molecule has 14 heavy (non-hydrogen) atoms. The topological polar surface area (TPSA) is 58.2 Å². The molecule has 1 fully saturated rings. The van der Waals surface area contributed by atoms with Gasteiger partial charge in [0.15, 0.2) is 0 Å². The molecule has 0 unspecified atom stereocenters. The monoisotopic (exact) mass is 220 g/mol. The molecule has 0 aromatic heterocycles. The minimum Gasteiger partial charge on any atom is -0.312 e. The van der Waals surface area contributed by atoms with Crippen LogP contribution in [-0.4, -0.2) is 32.8 Å². The second-order valence-electron chi connectivity index (χ2n) is 4.77. The Morgan fingerprint density at radius 1 is 1.36 bits per heavy atom. The quantitative estimate of drug-likeness (QED) is 0.707. The van der Waals surface area contributed by atoms with Gasteiger partial charge in [0.2, 0.25) is 10.0 Å². The van der Waals surface area contributed by atoms with Crippen LogP contribution in [0.1, 0.15) is 33.1 Å². The van der Waals surface area contributed by atoms with E-state index in [4.69, 9.17) is 0 Å². The maximum atomic E-state index is 11.0. The van der Waals surface area contributed by atoms with Gasteiger partial charge in [0.05, 0.1) is 6.26 Å². The third kappa shape index (κ3) is 4.39. The molecule has 0 amide bonds. The lowest BCUT2D eigenvalue weighted by Gasteiger charge is -2.32. The fourth-order valence-corrected chi connectivity index (χ4v) is 2.63. The molecule has 1 rings (SSSR count). The molecule has 4 nitrogen and oxygen atoms in total. The lowest BCUT2D eigenvalue weighted by Crippen LogP contribution is -2.52. The molecule has 0 atom stereocenters. The molecule has 0 aliphatic heterocycles. The van der Waals surface area contributed by atoms with Gasteiger partial charge in [0.1, 0.15) is 0 Å². The van der Waals surface area contributed by atoms with Crippen LogP contribution < -0.4 is 10.0 Å². The van der Waals surface area contributed by atoms with Gasteiger partial charge < -0.3 is 5.32 Å². The van der Waals surface area contributed by atoms with Gasteiger partial charge >= 0.3 is 0 Å². The summed E-state index contributed by atoms with van der Waals surface area (Å²) in [5, 5.41) is 3.36. The van der Waals surface area contributed by atoms with E-state index in [0.717, 1.165) is 0 Å². The number of sulfonamides is 1. The zero-order valence-corrected chi connectivity index (χ0v) is 9.95. The maximum Gasteiger partial charge on any atom is 0.209 e. The Balaban J connectivity index is 2.32. The largest absolute Gasteiger partial charge is 0.312 e. The first kappa shape index (κ1) is 11.9. The normalized spacial score (nSPS) is 19.4. The molecule has 84 valence electrons. The predicted molar refractivity (Wildman–Crippen MR) is 57.7 cm³/mol. The molecule has 0 heterocycles. The molecular formula is C9H20N2O2S. The van der Waals surface area contributed by atoms with Crippen LogP contribution >= 0.6 is 0 Å². The van der Waals surface area contributed by atoms with Crippen LogP contribution in [0.3, 0.4) is 0 Å². The van der Waals surface area contributed by atoms with Gasteiger partial charge in [-0.15, -0.1) is 0 Å². The Bertz CT molecular complexity index is 281. The first-order valence-corrected chi connectivity index (χ1v) is 6.90. The molecule has 1 aliphatic rings. The van der Waals surface area contributed by atoms with Crippen molar-refractivity contribution in [3.8, 4) is 0 Å². The SMILES string of the molecule is CC(C)(CNC1CCC1)NS(C)(=O)=O. The van der Waals surface area contributed by atoms with Gasteiger partial charge in [-0.05, 0) is 26.7 Å². The standard InChI is InChI=1S/C9H20N2O2S/c1-9(2,11-14(3,12)13)7-10-8-5-4-6-8/h8,10-11H,4-7H2,1-3H3. The average Bonchev–Trinajstić information content (AvgIpc) is 1.75. The minimum atomic E-state index is -3.11. The molecule has 0 aromatic carbocycles. The summed E-state index contributed by atoms with van der Waals surface area (Å²) in [7, 11) is -3.11. The maximum absolute atomic E-state index is 11.0. The lowest BCUT2D eigenvalue weighted by atomic mass is 9.92. The van der Waals surface area contributed by atoms with Crippen molar-refractivity contribution < 1.29 is 8.42 Å². The summed E-state index contributed by atoms with van der Waals surface area (Å²) in [5.41, 5.74) is -0.400. The Hall–Kier alpha value is -0.130. The van der Waals surface area contributed by atoms with Crippen LogP contribution in [0.5, 0.6) is 0 Å². The molecule has 0 radical (unpaired) electrons. The molecule has 0 saturated heterocycles. The Morgan fingerprint density at radius 3 is 2.29 bits per heavy atom. The highest BCUT2D eigenvalue weighted by Crippen LogP contribution is 2.18. The van der Waals surface area contributed by atoms with Crippen molar-refractivity contribution in [1.29, 1.82) is 0 Å². The highest BCUT2D eigenvalue weighted by Gasteiger charge is 2.24. The lowest BCUT2D eigenvalue weighted by molar-refractivity contribution is 0.303. The van der Waals surface area contributed by atoms with E-state index in [-0.39, 0.29) is 0 Å². The second kappa shape index (κ2) is 4.16. The summed E-state index contributed by atoms with van der Waals surface area (Å²) in [4.78, 5) is 0. The summed E-state index contributed by atoms with van der Waals surface area (Å²) in [6, 6.07) is 0.593. The van der Waals surface area contributed by atoms with Gasteiger partial charge in [-0.1, -0.05) is 6.42 Å². The first-order chi connectivity index (χ1) is 6.29. The van der Waals surface area contributed by atoms with E-state index in [2.05, 4.69) is 10.0 Å². The Labute approximate surface area is 86.5 Å².